The summed E-state index contributed by atoms with van der Waals surface area (Å²) < 4.78 is 0. The highest BCUT2D eigenvalue weighted by atomic mass is 32.1. The van der Waals surface area contributed by atoms with E-state index in [0.29, 0.717) is 4.90 Å². The van der Waals surface area contributed by atoms with Crippen molar-refractivity contribution in [3.05, 3.63) is 33.9 Å². The van der Waals surface area contributed by atoms with Gasteiger partial charge < -0.3 is 0 Å². The van der Waals surface area contributed by atoms with Crippen LogP contribution in [0.15, 0.2) is 23.1 Å². The van der Waals surface area contributed by atoms with Gasteiger partial charge in [-0.25, -0.2) is 0 Å². The Balaban J connectivity index is 3.32. The minimum absolute atomic E-state index is 0.0347. The highest BCUT2D eigenvalue weighted by molar-refractivity contribution is 7.80. The summed E-state index contributed by atoms with van der Waals surface area (Å²) >= 11 is 3.95. The van der Waals surface area contributed by atoms with Crippen molar-refractivity contribution in [2.24, 2.45) is 0 Å². The van der Waals surface area contributed by atoms with Gasteiger partial charge in [0.1, 0.15) is 11.6 Å². The molecule has 0 aliphatic carbocycles. The molecule has 1 aromatic rings. The van der Waals surface area contributed by atoms with Gasteiger partial charge in [0.05, 0.1) is 4.92 Å². The summed E-state index contributed by atoms with van der Waals surface area (Å²) in [6.07, 6.45) is 0. The summed E-state index contributed by atoms with van der Waals surface area (Å²) in [4.78, 5) is 10.3. The summed E-state index contributed by atoms with van der Waals surface area (Å²) in [7, 11) is 0. The second-order valence-electron chi connectivity index (χ2n) is 2.07. The molecule has 0 aliphatic rings. The number of nitrogens with zero attached hydrogens (tertiary/aromatic N) is 2. The molecule has 0 unspecified atom stereocenters. The third kappa shape index (κ3) is 1.54. The third-order valence-electron chi connectivity index (χ3n) is 1.30. The van der Waals surface area contributed by atoms with E-state index in [1.165, 1.54) is 18.2 Å². The third-order valence-corrected chi connectivity index (χ3v) is 1.58. The van der Waals surface area contributed by atoms with Crippen molar-refractivity contribution in [1.82, 2.24) is 0 Å². The lowest BCUT2D eigenvalue weighted by molar-refractivity contribution is -0.385. The van der Waals surface area contributed by atoms with Crippen LogP contribution >= 0.6 is 12.6 Å². The molecule has 0 N–H and O–H groups in total. The molecule has 0 saturated heterocycles. The van der Waals surface area contributed by atoms with E-state index in [9.17, 15) is 10.1 Å². The summed E-state index contributed by atoms with van der Waals surface area (Å²) in [5.41, 5.74) is -0.150. The fraction of sp³-hybridized carbons (Fsp3) is 0. The summed E-state index contributed by atoms with van der Waals surface area (Å²) in [6.45, 7) is 0. The molecule has 1 aromatic carbocycles. The van der Waals surface area contributed by atoms with Gasteiger partial charge in [-0.05, 0) is 12.1 Å². The van der Waals surface area contributed by atoms with E-state index in [1.54, 1.807) is 6.07 Å². The van der Waals surface area contributed by atoms with Gasteiger partial charge in [-0.3, -0.25) is 10.1 Å². The maximum atomic E-state index is 10.3. The van der Waals surface area contributed by atoms with Gasteiger partial charge in [0.25, 0.3) is 5.69 Å². The van der Waals surface area contributed by atoms with E-state index >= 15 is 0 Å². The van der Waals surface area contributed by atoms with E-state index < -0.39 is 4.92 Å². The topological polar surface area (TPSA) is 66.9 Å². The van der Waals surface area contributed by atoms with Crippen LogP contribution in [0.2, 0.25) is 0 Å². The number of hydrogen-bond donors (Lipinski definition) is 1. The van der Waals surface area contributed by atoms with E-state index in [-0.39, 0.29) is 11.3 Å². The SMILES string of the molecule is N#Cc1cc(S)ccc1[N+](=O)[O-]. The molecule has 0 bridgehead atoms. The van der Waals surface area contributed by atoms with Crippen LogP contribution in [-0.2, 0) is 0 Å². The molecule has 0 atom stereocenters. The van der Waals surface area contributed by atoms with Gasteiger partial charge in [-0.2, -0.15) is 5.26 Å². The van der Waals surface area contributed by atoms with Gasteiger partial charge in [0, 0.05) is 11.0 Å². The normalized spacial score (nSPS) is 9.00. The molecule has 1 rings (SSSR count). The Morgan fingerprint density at radius 2 is 2.25 bits per heavy atom. The number of thiol groups is 1. The van der Waals surface area contributed by atoms with Gasteiger partial charge in [0.15, 0.2) is 0 Å². The highest BCUT2D eigenvalue weighted by Crippen LogP contribution is 2.20. The molecule has 0 radical (unpaired) electrons. The average molecular weight is 180 g/mol. The first-order valence-electron chi connectivity index (χ1n) is 3.02. The Hall–Kier alpha value is -1.54. The van der Waals surface area contributed by atoms with Gasteiger partial charge in [-0.15, -0.1) is 12.6 Å². The van der Waals surface area contributed by atoms with Crippen molar-refractivity contribution in [3.8, 4) is 6.07 Å². The Labute approximate surface area is 74.0 Å². The smallest absolute Gasteiger partial charge is 0.258 e. The van der Waals surface area contributed by atoms with E-state index in [4.69, 9.17) is 5.26 Å². The number of rotatable bonds is 1. The van der Waals surface area contributed by atoms with Gasteiger partial charge in [0.2, 0.25) is 0 Å². The standard InChI is InChI=1S/C7H4N2O2S/c8-4-5-3-6(12)1-2-7(5)9(10)11/h1-3,12H. The maximum absolute atomic E-state index is 10.3. The molecule has 0 spiro atoms. The number of hydrogen-bond acceptors (Lipinski definition) is 4. The van der Waals surface area contributed by atoms with E-state index in [1.807, 2.05) is 0 Å². The van der Waals surface area contributed by atoms with Crippen LogP contribution in [0.4, 0.5) is 5.69 Å². The number of nitro benzene ring substituents is 1. The molecular formula is C7H4N2O2S. The van der Waals surface area contributed by atoms with Crippen molar-refractivity contribution in [2.75, 3.05) is 0 Å². The molecule has 0 aliphatic heterocycles. The predicted octanol–water partition coefficient (Wildman–Crippen LogP) is 1.76. The fourth-order valence-corrected chi connectivity index (χ4v) is 0.976. The average Bonchev–Trinajstić information content (AvgIpc) is 2.03. The Bertz CT molecular complexity index is 370. The minimum atomic E-state index is -0.591. The van der Waals surface area contributed by atoms with E-state index in [0.717, 1.165) is 0 Å². The maximum Gasteiger partial charge on any atom is 0.287 e. The van der Waals surface area contributed by atoms with Crippen LogP contribution in [0, 0.1) is 21.4 Å². The molecule has 0 saturated carbocycles. The largest absolute Gasteiger partial charge is 0.287 e. The quantitative estimate of drug-likeness (QED) is 0.406. The summed E-state index contributed by atoms with van der Waals surface area (Å²) in [5, 5.41) is 18.8. The lowest BCUT2D eigenvalue weighted by atomic mass is 10.2. The first-order valence-corrected chi connectivity index (χ1v) is 3.47. The lowest BCUT2D eigenvalue weighted by Gasteiger charge is -1.94. The zero-order valence-electron chi connectivity index (χ0n) is 5.89. The second-order valence-corrected chi connectivity index (χ2v) is 2.59. The molecular weight excluding hydrogens is 176 g/mol. The number of nitriles is 1. The molecule has 5 heteroatoms. The molecule has 60 valence electrons. The Morgan fingerprint density at radius 3 is 2.75 bits per heavy atom. The van der Waals surface area contributed by atoms with Crippen molar-refractivity contribution in [3.63, 3.8) is 0 Å². The summed E-state index contributed by atoms with van der Waals surface area (Å²) in [6, 6.07) is 5.83. The van der Waals surface area contributed by atoms with E-state index in [2.05, 4.69) is 12.6 Å². The Kier molecular flexibility index (Phi) is 2.31. The van der Waals surface area contributed by atoms with Crippen molar-refractivity contribution < 1.29 is 4.92 Å². The fourth-order valence-electron chi connectivity index (χ4n) is 0.773. The van der Waals surface area contributed by atoms with Crippen molar-refractivity contribution in [2.45, 2.75) is 4.90 Å². The molecule has 4 nitrogen and oxygen atoms in total. The van der Waals surface area contributed by atoms with Crippen LogP contribution in [0.25, 0.3) is 0 Å². The predicted molar refractivity (Wildman–Crippen MR) is 45.1 cm³/mol. The monoisotopic (exact) mass is 180 g/mol. The molecule has 12 heavy (non-hydrogen) atoms. The zero-order valence-corrected chi connectivity index (χ0v) is 6.78. The minimum Gasteiger partial charge on any atom is -0.258 e. The lowest BCUT2D eigenvalue weighted by Crippen LogP contribution is -1.91. The highest BCUT2D eigenvalue weighted by Gasteiger charge is 2.12. The molecule has 0 fully saturated rings. The van der Waals surface area contributed by atoms with Gasteiger partial charge >= 0.3 is 0 Å². The first kappa shape index (κ1) is 8.56. The Morgan fingerprint density at radius 1 is 1.58 bits per heavy atom. The van der Waals surface area contributed by atoms with Crippen LogP contribution in [-0.4, -0.2) is 4.92 Å². The zero-order chi connectivity index (χ0) is 9.14. The summed E-state index contributed by atoms with van der Waals surface area (Å²) in [5.74, 6) is 0. The van der Waals surface area contributed by atoms with Crippen LogP contribution in [0.5, 0.6) is 0 Å². The van der Waals surface area contributed by atoms with Gasteiger partial charge in [-0.1, -0.05) is 0 Å². The van der Waals surface area contributed by atoms with Crippen molar-refractivity contribution >= 4 is 18.3 Å². The van der Waals surface area contributed by atoms with Crippen molar-refractivity contribution in [1.29, 1.82) is 5.26 Å². The number of nitro groups is 1. The van der Waals surface area contributed by atoms with Crippen LogP contribution < -0.4 is 0 Å². The molecule has 0 aromatic heterocycles. The first-order chi connectivity index (χ1) is 5.65. The number of benzene rings is 1. The second kappa shape index (κ2) is 3.24. The molecule has 0 heterocycles. The van der Waals surface area contributed by atoms with Crippen LogP contribution in [0.3, 0.4) is 0 Å². The molecule has 0 amide bonds. The van der Waals surface area contributed by atoms with Crippen LogP contribution in [0.1, 0.15) is 5.56 Å².